The monoisotopic (exact) mass is 459 g/mol. The summed E-state index contributed by atoms with van der Waals surface area (Å²) >= 11 is 1.55. The molecule has 1 amide bonds. The number of benzene rings is 1. The van der Waals surface area contributed by atoms with Crippen LogP contribution in [0.1, 0.15) is 24.2 Å². The number of carbonyl (C=O) groups excluding carboxylic acids is 1. The molecule has 0 radical (unpaired) electrons. The topological polar surface area (TPSA) is 86.7 Å². The molecule has 1 aliphatic heterocycles. The second-order valence-electron chi connectivity index (χ2n) is 7.75. The number of amides is 1. The number of pyridine rings is 1. The van der Waals surface area contributed by atoms with Crippen LogP contribution in [0.4, 0.5) is 5.13 Å². The number of carbonyl (C=O) groups is 1. The molecule has 1 aliphatic rings. The summed E-state index contributed by atoms with van der Waals surface area (Å²) in [6, 6.07) is 9.94. The summed E-state index contributed by atoms with van der Waals surface area (Å²) in [5.41, 5.74) is 1.27. The van der Waals surface area contributed by atoms with Crippen molar-refractivity contribution in [2.45, 2.75) is 24.8 Å². The predicted molar refractivity (Wildman–Crippen MR) is 122 cm³/mol. The van der Waals surface area contributed by atoms with Crippen LogP contribution in [0, 0.1) is 0 Å². The Morgan fingerprint density at radius 2 is 1.87 bits per heavy atom. The first-order valence-electron chi connectivity index (χ1n) is 10.1. The van der Waals surface area contributed by atoms with Crippen molar-refractivity contribution < 1.29 is 13.2 Å². The Morgan fingerprint density at radius 3 is 2.55 bits per heavy atom. The molecule has 10 heteroatoms. The van der Waals surface area contributed by atoms with E-state index in [1.54, 1.807) is 41.6 Å². The van der Waals surface area contributed by atoms with Crippen LogP contribution in [-0.2, 0) is 10.0 Å². The molecule has 0 bridgehead atoms. The highest BCUT2D eigenvalue weighted by Crippen LogP contribution is 2.28. The number of thiazole rings is 1. The quantitative estimate of drug-likeness (QED) is 0.583. The zero-order valence-corrected chi connectivity index (χ0v) is 19.4. The zero-order valence-electron chi connectivity index (χ0n) is 17.7. The Kier molecular flexibility index (Phi) is 5.96. The predicted octanol–water partition coefficient (Wildman–Crippen LogP) is 2.68. The molecule has 0 N–H and O–H groups in total. The molecule has 1 aromatic carbocycles. The Hall–Kier alpha value is -2.56. The van der Waals surface area contributed by atoms with Gasteiger partial charge in [0.25, 0.3) is 5.91 Å². The van der Waals surface area contributed by atoms with Crippen LogP contribution in [0.5, 0.6) is 0 Å². The van der Waals surface area contributed by atoms with Crippen molar-refractivity contribution >= 4 is 42.7 Å². The summed E-state index contributed by atoms with van der Waals surface area (Å²) in [5, 5.41) is 0.908. The highest BCUT2D eigenvalue weighted by atomic mass is 32.2. The third-order valence-electron chi connectivity index (χ3n) is 5.48. The number of hydrogen-bond donors (Lipinski definition) is 0. The lowest BCUT2D eigenvalue weighted by atomic mass is 10.2. The van der Waals surface area contributed by atoms with E-state index in [9.17, 15) is 13.2 Å². The van der Waals surface area contributed by atoms with Crippen LogP contribution in [-0.4, -0.2) is 72.8 Å². The molecular formula is C21H25N5O3S2. The van der Waals surface area contributed by atoms with Gasteiger partial charge in [0.05, 0.1) is 4.90 Å². The van der Waals surface area contributed by atoms with Crippen molar-refractivity contribution in [2.24, 2.45) is 0 Å². The largest absolute Gasteiger partial charge is 0.344 e. The maximum atomic E-state index is 13.0. The van der Waals surface area contributed by atoms with Crippen molar-refractivity contribution in [3.05, 3.63) is 48.2 Å². The average molecular weight is 460 g/mol. The number of nitrogens with zero attached hydrogens (tertiary/aromatic N) is 5. The molecular weight excluding hydrogens is 434 g/mol. The maximum Gasteiger partial charge on any atom is 0.254 e. The lowest BCUT2D eigenvalue weighted by Crippen LogP contribution is -2.48. The molecule has 4 rings (SSSR count). The highest BCUT2D eigenvalue weighted by Gasteiger charge is 2.27. The normalized spacial score (nSPS) is 15.3. The number of hydrogen-bond acceptors (Lipinski definition) is 7. The average Bonchev–Trinajstić information content (AvgIpc) is 3.22. The van der Waals surface area contributed by atoms with E-state index < -0.39 is 10.0 Å². The summed E-state index contributed by atoms with van der Waals surface area (Å²) in [5.74, 6) is -0.158. The lowest BCUT2D eigenvalue weighted by molar-refractivity contribution is 0.0746. The molecule has 0 atom stereocenters. The molecule has 2 aromatic heterocycles. The fourth-order valence-corrected chi connectivity index (χ4v) is 5.78. The van der Waals surface area contributed by atoms with E-state index in [1.165, 1.54) is 16.4 Å². The van der Waals surface area contributed by atoms with E-state index in [0.29, 0.717) is 31.7 Å². The van der Waals surface area contributed by atoms with Crippen LogP contribution < -0.4 is 4.90 Å². The molecule has 0 aliphatic carbocycles. The molecule has 0 saturated carbocycles. The van der Waals surface area contributed by atoms with Gasteiger partial charge in [-0.1, -0.05) is 17.4 Å². The van der Waals surface area contributed by atoms with Crippen molar-refractivity contribution in [3.8, 4) is 0 Å². The number of rotatable bonds is 5. The second kappa shape index (κ2) is 8.52. The smallest absolute Gasteiger partial charge is 0.254 e. The van der Waals surface area contributed by atoms with Crippen molar-refractivity contribution in [1.29, 1.82) is 0 Å². The number of anilines is 1. The maximum absolute atomic E-state index is 13.0. The van der Waals surface area contributed by atoms with Crippen molar-refractivity contribution in [1.82, 2.24) is 19.2 Å². The summed E-state index contributed by atoms with van der Waals surface area (Å²) in [6.45, 7) is 6.05. The van der Waals surface area contributed by atoms with Gasteiger partial charge in [0.2, 0.25) is 10.0 Å². The van der Waals surface area contributed by atoms with E-state index >= 15 is 0 Å². The van der Waals surface area contributed by atoms with Gasteiger partial charge in [-0.25, -0.2) is 18.4 Å². The van der Waals surface area contributed by atoms with Gasteiger partial charge >= 0.3 is 0 Å². The summed E-state index contributed by atoms with van der Waals surface area (Å²) in [6.07, 6.45) is 1.76. The van der Waals surface area contributed by atoms with Gasteiger partial charge in [-0.05, 0) is 44.2 Å². The Labute approximate surface area is 186 Å². The minimum absolute atomic E-state index is 0.134. The molecule has 164 valence electrons. The SMILES string of the molecule is CC(C)N(C)S(=O)(=O)c1cccc(C(=O)N2CCN(c3nc4cccnc4s3)CC2)c1. The molecule has 1 saturated heterocycles. The molecule has 31 heavy (non-hydrogen) atoms. The van der Waals surface area contributed by atoms with Crippen LogP contribution >= 0.6 is 11.3 Å². The Bertz CT molecular complexity index is 1170. The first-order valence-corrected chi connectivity index (χ1v) is 12.4. The third kappa shape index (κ3) is 4.28. The van der Waals surface area contributed by atoms with Crippen LogP contribution in [0.15, 0.2) is 47.5 Å². The lowest BCUT2D eigenvalue weighted by Gasteiger charge is -2.34. The minimum Gasteiger partial charge on any atom is -0.344 e. The zero-order chi connectivity index (χ0) is 22.2. The molecule has 8 nitrogen and oxygen atoms in total. The van der Waals surface area contributed by atoms with E-state index in [2.05, 4.69) is 14.9 Å². The molecule has 1 fully saturated rings. The van der Waals surface area contributed by atoms with Gasteiger partial charge in [0.1, 0.15) is 10.3 Å². The second-order valence-corrected chi connectivity index (χ2v) is 10.7. The minimum atomic E-state index is -3.64. The summed E-state index contributed by atoms with van der Waals surface area (Å²) in [4.78, 5) is 27.0. The van der Waals surface area contributed by atoms with Crippen LogP contribution in [0.2, 0.25) is 0 Å². The fraction of sp³-hybridized carbons (Fsp3) is 0.381. The molecule has 3 aromatic rings. The Balaban J connectivity index is 1.46. The van der Waals surface area contributed by atoms with E-state index in [4.69, 9.17) is 0 Å². The highest BCUT2D eigenvalue weighted by molar-refractivity contribution is 7.89. The van der Waals surface area contributed by atoms with Gasteiger partial charge in [0.15, 0.2) is 5.13 Å². The summed E-state index contributed by atoms with van der Waals surface area (Å²) in [7, 11) is -2.09. The van der Waals surface area contributed by atoms with Crippen LogP contribution in [0.25, 0.3) is 10.3 Å². The van der Waals surface area contributed by atoms with Gasteiger partial charge in [-0.2, -0.15) is 4.31 Å². The first kappa shape index (κ1) is 21.7. The van der Waals surface area contributed by atoms with Crippen LogP contribution in [0.3, 0.4) is 0 Å². The molecule has 3 heterocycles. The third-order valence-corrected chi connectivity index (χ3v) is 8.55. The fourth-order valence-electron chi connectivity index (χ4n) is 3.41. The van der Waals surface area contributed by atoms with Crippen molar-refractivity contribution in [2.75, 3.05) is 38.1 Å². The number of sulfonamides is 1. The van der Waals surface area contributed by atoms with Gasteiger partial charge < -0.3 is 9.80 Å². The van der Waals surface area contributed by atoms with Gasteiger partial charge in [0, 0.05) is 51.0 Å². The van der Waals surface area contributed by atoms with E-state index in [1.807, 2.05) is 26.0 Å². The van der Waals surface area contributed by atoms with E-state index in [-0.39, 0.29) is 16.8 Å². The van der Waals surface area contributed by atoms with E-state index in [0.717, 1.165) is 15.5 Å². The molecule has 0 spiro atoms. The van der Waals surface area contributed by atoms with Gasteiger partial charge in [-0.15, -0.1) is 0 Å². The first-order chi connectivity index (χ1) is 14.8. The van der Waals surface area contributed by atoms with Gasteiger partial charge in [-0.3, -0.25) is 4.79 Å². The summed E-state index contributed by atoms with van der Waals surface area (Å²) < 4.78 is 26.9. The molecule has 0 unspecified atom stereocenters. The number of aromatic nitrogens is 2. The number of piperazine rings is 1. The number of fused-ring (bicyclic) bond motifs is 1. The Morgan fingerprint density at radius 1 is 1.13 bits per heavy atom. The van der Waals surface area contributed by atoms with Crippen molar-refractivity contribution in [3.63, 3.8) is 0 Å². The standard InChI is InChI=1S/C21H25N5O3S2/c1-15(2)24(3)31(28,29)17-7-4-6-16(14-17)20(27)25-10-12-26(13-11-25)21-23-18-8-5-9-22-19(18)30-21/h4-9,14-15H,10-13H2,1-3H3.